The van der Waals surface area contributed by atoms with Crippen LogP contribution in [0.4, 0.5) is 5.82 Å². The van der Waals surface area contributed by atoms with Gasteiger partial charge in [0.25, 0.3) is 0 Å². The van der Waals surface area contributed by atoms with E-state index in [4.69, 9.17) is 24.3 Å². The Morgan fingerprint density at radius 2 is 1.87 bits per heavy atom. The number of phosphoric ester groups is 1. The third-order valence-corrected chi connectivity index (χ3v) is 5.96. The van der Waals surface area contributed by atoms with Gasteiger partial charge in [0.2, 0.25) is 0 Å². The van der Waals surface area contributed by atoms with Crippen LogP contribution in [-0.2, 0) is 23.1 Å². The number of rotatable bonds is 6. The van der Waals surface area contributed by atoms with Gasteiger partial charge in [-0.25, -0.2) is 19.5 Å². The molecule has 0 bridgehead atoms. The van der Waals surface area contributed by atoms with Crippen LogP contribution in [0.25, 0.3) is 11.2 Å². The maximum atomic E-state index is 12.8. The monoisotopic (exact) mass is 457 g/mol. The van der Waals surface area contributed by atoms with Gasteiger partial charge >= 0.3 is 7.82 Å². The number of phosphoric acid groups is 1. The summed E-state index contributed by atoms with van der Waals surface area (Å²) in [7, 11) is -2.91. The van der Waals surface area contributed by atoms with Crippen molar-refractivity contribution in [2.24, 2.45) is 5.41 Å². The molecule has 2 aromatic rings. The molecule has 3 unspecified atom stereocenters. The predicted octanol–water partition coefficient (Wildman–Crippen LogP) is 3.06. The van der Waals surface area contributed by atoms with Crippen molar-refractivity contribution in [2.75, 3.05) is 12.8 Å². The Balaban J connectivity index is 1.99. The van der Waals surface area contributed by atoms with E-state index in [1.807, 2.05) is 20.8 Å². The first-order chi connectivity index (χ1) is 14.2. The Bertz CT molecular complexity index is 969. The molecule has 1 saturated heterocycles. The fraction of sp³-hybridized carbons (Fsp3) is 0.737. The normalized spacial score (nSPS) is 27.0. The summed E-state index contributed by atoms with van der Waals surface area (Å²) in [6.07, 6.45) is 0.563. The first kappa shape index (κ1) is 24.0. The summed E-state index contributed by atoms with van der Waals surface area (Å²) in [6, 6.07) is 0. The van der Waals surface area contributed by atoms with E-state index in [-0.39, 0.29) is 11.2 Å². The van der Waals surface area contributed by atoms with E-state index < -0.39 is 38.0 Å². The highest BCUT2D eigenvalue weighted by atomic mass is 31.2. The summed E-state index contributed by atoms with van der Waals surface area (Å²) < 4.78 is 37.4. The van der Waals surface area contributed by atoms with Crippen LogP contribution < -0.4 is 5.73 Å². The number of hydrogen-bond donors (Lipinski definition) is 2. The van der Waals surface area contributed by atoms with Crippen molar-refractivity contribution in [3.05, 3.63) is 12.7 Å². The van der Waals surface area contributed by atoms with Crippen molar-refractivity contribution in [1.29, 1.82) is 0 Å². The number of ether oxygens (including phenoxy) is 2. The SMILES string of the molecule is COC1C(OP(=O)(O)OC(C)(C)C)[C@@H](CC(C)(C)C)O[C@H]1n1cnc2c(N)ncnc21. The smallest absolute Gasteiger partial charge is 0.382 e. The second-order valence-corrected chi connectivity index (χ2v) is 11.2. The molecule has 0 saturated carbocycles. The molecule has 0 aliphatic carbocycles. The van der Waals surface area contributed by atoms with Gasteiger partial charge in [-0.1, -0.05) is 20.8 Å². The lowest BCUT2D eigenvalue weighted by molar-refractivity contribution is -0.0550. The molecule has 0 radical (unpaired) electrons. The van der Waals surface area contributed by atoms with E-state index in [0.29, 0.717) is 17.6 Å². The van der Waals surface area contributed by atoms with Crippen LogP contribution in [0.5, 0.6) is 0 Å². The first-order valence-electron chi connectivity index (χ1n) is 10.0. The molecular weight excluding hydrogens is 425 g/mol. The van der Waals surface area contributed by atoms with Gasteiger partial charge in [-0.05, 0) is 32.6 Å². The standard InChI is InChI=1S/C19H32N5O6P/c1-18(2,3)8-11-13(29-31(25,26)30-19(4,5)6)14(27-7)17(28-11)24-10-23-12-15(20)21-9-22-16(12)24/h9-11,13-14,17H,8H2,1-7H3,(H,25,26)(H2,20,21,22)/t11-,13?,14?,17-/m1/s1. The third-order valence-electron chi connectivity index (χ3n) is 4.68. The number of nitrogens with zero attached hydrogens (tertiary/aromatic N) is 4. The molecule has 174 valence electrons. The average Bonchev–Trinajstić information content (AvgIpc) is 3.13. The maximum absolute atomic E-state index is 12.8. The summed E-state index contributed by atoms with van der Waals surface area (Å²) in [5.41, 5.74) is 5.78. The molecule has 2 aromatic heterocycles. The summed E-state index contributed by atoms with van der Waals surface area (Å²) in [4.78, 5) is 22.9. The zero-order chi connectivity index (χ0) is 23.2. The molecule has 11 nitrogen and oxygen atoms in total. The van der Waals surface area contributed by atoms with Crippen LogP contribution in [0.1, 0.15) is 54.2 Å². The van der Waals surface area contributed by atoms with E-state index in [1.54, 1.807) is 25.3 Å². The number of methoxy groups -OCH3 is 1. The number of fused-ring (bicyclic) bond motifs is 1. The highest BCUT2D eigenvalue weighted by molar-refractivity contribution is 7.47. The Morgan fingerprint density at radius 1 is 1.19 bits per heavy atom. The van der Waals surface area contributed by atoms with E-state index in [2.05, 4.69) is 15.0 Å². The number of hydrogen-bond acceptors (Lipinski definition) is 9. The van der Waals surface area contributed by atoms with Crippen molar-refractivity contribution in [2.45, 2.75) is 78.1 Å². The summed E-state index contributed by atoms with van der Waals surface area (Å²) >= 11 is 0. The van der Waals surface area contributed by atoms with Crippen molar-refractivity contribution >= 4 is 24.8 Å². The van der Waals surface area contributed by atoms with E-state index in [0.717, 1.165) is 0 Å². The van der Waals surface area contributed by atoms with Gasteiger partial charge in [0, 0.05) is 7.11 Å². The summed E-state index contributed by atoms with van der Waals surface area (Å²) in [6.45, 7) is 11.2. The van der Waals surface area contributed by atoms with E-state index in [9.17, 15) is 9.46 Å². The number of anilines is 1. The van der Waals surface area contributed by atoms with Crippen LogP contribution in [0.3, 0.4) is 0 Å². The minimum Gasteiger partial charge on any atom is -0.382 e. The Labute approximate surface area is 181 Å². The van der Waals surface area contributed by atoms with Crippen LogP contribution in [0.15, 0.2) is 12.7 Å². The van der Waals surface area contributed by atoms with Gasteiger partial charge in [-0.3, -0.25) is 13.6 Å². The summed E-state index contributed by atoms with van der Waals surface area (Å²) in [5.74, 6) is 0.244. The van der Waals surface area contributed by atoms with Crippen molar-refractivity contribution in [3.63, 3.8) is 0 Å². The molecule has 3 rings (SSSR count). The number of nitrogens with two attached hydrogens (primary N) is 1. The fourth-order valence-corrected chi connectivity index (χ4v) is 4.95. The number of nitrogen functional groups attached to an aromatic ring is 1. The quantitative estimate of drug-likeness (QED) is 0.621. The van der Waals surface area contributed by atoms with E-state index in [1.165, 1.54) is 19.8 Å². The first-order valence-corrected chi connectivity index (χ1v) is 11.5. The van der Waals surface area contributed by atoms with Crippen LogP contribution in [-0.4, -0.2) is 55.4 Å². The molecule has 1 aliphatic heterocycles. The zero-order valence-electron chi connectivity index (χ0n) is 19.0. The molecule has 1 fully saturated rings. The highest BCUT2D eigenvalue weighted by Gasteiger charge is 2.51. The lowest BCUT2D eigenvalue weighted by Gasteiger charge is -2.30. The number of aromatic nitrogens is 4. The third kappa shape index (κ3) is 5.60. The minimum absolute atomic E-state index is 0.145. The predicted molar refractivity (Wildman–Crippen MR) is 114 cm³/mol. The molecule has 31 heavy (non-hydrogen) atoms. The topological polar surface area (TPSA) is 144 Å². The molecule has 1 aliphatic rings. The number of imidazole rings is 1. The Kier molecular flexibility index (Phi) is 6.50. The second-order valence-electron chi connectivity index (χ2n) is 9.86. The fourth-order valence-electron chi connectivity index (χ4n) is 3.66. The maximum Gasteiger partial charge on any atom is 0.473 e. The molecular formula is C19H32N5O6P. The van der Waals surface area contributed by atoms with Crippen LogP contribution in [0, 0.1) is 5.41 Å². The zero-order valence-corrected chi connectivity index (χ0v) is 19.9. The van der Waals surface area contributed by atoms with Gasteiger partial charge in [0.15, 0.2) is 17.7 Å². The largest absolute Gasteiger partial charge is 0.473 e. The minimum atomic E-state index is -4.41. The molecule has 5 atom stereocenters. The molecule has 0 amide bonds. The Hall–Kier alpha value is -1.62. The van der Waals surface area contributed by atoms with Gasteiger partial charge in [0.05, 0.1) is 18.0 Å². The average molecular weight is 457 g/mol. The lowest BCUT2D eigenvalue weighted by Crippen LogP contribution is -2.37. The van der Waals surface area contributed by atoms with Crippen molar-refractivity contribution in [1.82, 2.24) is 19.5 Å². The molecule has 12 heteroatoms. The van der Waals surface area contributed by atoms with Gasteiger partial charge < -0.3 is 20.1 Å². The van der Waals surface area contributed by atoms with Gasteiger partial charge in [-0.15, -0.1) is 0 Å². The van der Waals surface area contributed by atoms with Crippen LogP contribution >= 0.6 is 7.82 Å². The van der Waals surface area contributed by atoms with Crippen molar-refractivity contribution in [3.8, 4) is 0 Å². The molecule has 3 heterocycles. The summed E-state index contributed by atoms with van der Waals surface area (Å²) in [5, 5.41) is 0. The van der Waals surface area contributed by atoms with Crippen molar-refractivity contribution < 1.29 is 28.0 Å². The molecule has 0 spiro atoms. The van der Waals surface area contributed by atoms with Gasteiger partial charge in [-0.2, -0.15) is 0 Å². The lowest BCUT2D eigenvalue weighted by atomic mass is 9.87. The molecule has 3 N–H and O–H groups in total. The van der Waals surface area contributed by atoms with E-state index >= 15 is 0 Å². The van der Waals surface area contributed by atoms with Crippen LogP contribution in [0.2, 0.25) is 0 Å². The molecule has 0 aromatic carbocycles. The van der Waals surface area contributed by atoms with Gasteiger partial charge in [0.1, 0.15) is 24.1 Å². The second kappa shape index (κ2) is 8.38. The Morgan fingerprint density at radius 3 is 2.45 bits per heavy atom. The highest BCUT2D eigenvalue weighted by Crippen LogP contribution is 2.52.